The maximum Gasteiger partial charge on any atom is 0.224 e. The van der Waals surface area contributed by atoms with Crippen molar-refractivity contribution in [2.75, 3.05) is 38.3 Å². The molecule has 0 spiro atoms. The molecule has 1 saturated heterocycles. The van der Waals surface area contributed by atoms with Crippen LogP contribution in [0.15, 0.2) is 24.3 Å². The molecule has 1 amide bonds. The summed E-state index contributed by atoms with van der Waals surface area (Å²) in [6, 6.07) is 8.29. The second-order valence-electron chi connectivity index (χ2n) is 6.97. The van der Waals surface area contributed by atoms with Gasteiger partial charge in [-0.2, -0.15) is 0 Å². The van der Waals surface area contributed by atoms with Gasteiger partial charge in [0.2, 0.25) is 11.9 Å². The van der Waals surface area contributed by atoms with Crippen LogP contribution in [-0.4, -0.2) is 48.8 Å². The Balaban J connectivity index is 1.72. The number of aryl methyl sites for hydroxylation is 1. The molecule has 1 N–H and O–H groups in total. The van der Waals surface area contributed by atoms with Crippen molar-refractivity contribution >= 4 is 22.9 Å². The number of aromatic nitrogens is 2. The Morgan fingerprint density at radius 1 is 1.38 bits per heavy atom. The number of rotatable bonds is 8. The van der Waals surface area contributed by atoms with Crippen LogP contribution in [0.2, 0.25) is 0 Å². The van der Waals surface area contributed by atoms with E-state index in [1.165, 1.54) is 5.52 Å². The van der Waals surface area contributed by atoms with E-state index in [2.05, 4.69) is 39.9 Å². The van der Waals surface area contributed by atoms with E-state index in [9.17, 15) is 4.79 Å². The van der Waals surface area contributed by atoms with Gasteiger partial charge in [-0.05, 0) is 37.8 Å². The molecule has 142 valence electrons. The summed E-state index contributed by atoms with van der Waals surface area (Å²) < 4.78 is 7.34. The zero-order chi connectivity index (χ0) is 18.4. The summed E-state index contributed by atoms with van der Waals surface area (Å²) in [5.41, 5.74) is 2.21. The molecule has 1 aliphatic heterocycles. The SMILES string of the molecule is CCCn1c(N2CCC[C@@H](C(=O)NCCCOC)C2)nc2ccccc21. The molecule has 1 aromatic carbocycles. The van der Waals surface area contributed by atoms with Gasteiger partial charge in [-0.3, -0.25) is 4.79 Å². The molecule has 2 heterocycles. The third-order valence-electron chi connectivity index (χ3n) is 4.98. The summed E-state index contributed by atoms with van der Waals surface area (Å²) >= 11 is 0. The van der Waals surface area contributed by atoms with Crippen LogP contribution in [0.5, 0.6) is 0 Å². The predicted octanol–water partition coefficient (Wildman–Crippen LogP) is 2.82. The molecule has 0 unspecified atom stereocenters. The minimum Gasteiger partial charge on any atom is -0.385 e. The molecule has 1 aliphatic rings. The average Bonchev–Trinajstić information content (AvgIpc) is 3.04. The summed E-state index contributed by atoms with van der Waals surface area (Å²) in [5.74, 6) is 1.19. The molecule has 6 heteroatoms. The second kappa shape index (κ2) is 9.03. The fraction of sp³-hybridized carbons (Fsp3) is 0.600. The normalized spacial score (nSPS) is 17.6. The van der Waals surface area contributed by atoms with E-state index in [1.54, 1.807) is 7.11 Å². The van der Waals surface area contributed by atoms with Gasteiger partial charge in [-0.25, -0.2) is 4.98 Å². The van der Waals surface area contributed by atoms with E-state index >= 15 is 0 Å². The minimum absolute atomic E-state index is 0.0289. The van der Waals surface area contributed by atoms with Crippen LogP contribution in [-0.2, 0) is 16.1 Å². The fourth-order valence-electron chi connectivity index (χ4n) is 3.69. The van der Waals surface area contributed by atoms with E-state index in [0.29, 0.717) is 13.2 Å². The highest BCUT2D eigenvalue weighted by molar-refractivity contribution is 5.81. The molecule has 6 nitrogen and oxygen atoms in total. The van der Waals surface area contributed by atoms with Crippen molar-refractivity contribution in [1.82, 2.24) is 14.9 Å². The number of carbonyl (C=O) groups is 1. The molecule has 3 rings (SSSR count). The second-order valence-corrected chi connectivity index (χ2v) is 6.97. The first-order valence-corrected chi connectivity index (χ1v) is 9.71. The summed E-state index contributed by atoms with van der Waals surface area (Å²) in [5, 5.41) is 3.05. The zero-order valence-corrected chi connectivity index (χ0v) is 15.9. The standard InChI is InChI=1S/C20H30N4O2/c1-3-12-24-18-10-5-4-9-17(18)22-20(24)23-13-6-8-16(15-23)19(25)21-11-7-14-26-2/h4-5,9-10,16H,3,6-8,11-15H2,1-2H3,(H,21,25)/t16-/m1/s1. The van der Waals surface area contributed by atoms with Crippen molar-refractivity contribution in [3.05, 3.63) is 24.3 Å². The third-order valence-corrected chi connectivity index (χ3v) is 4.98. The van der Waals surface area contributed by atoms with Crippen LogP contribution in [0.25, 0.3) is 11.0 Å². The van der Waals surface area contributed by atoms with Crippen molar-refractivity contribution in [1.29, 1.82) is 0 Å². The number of piperidine rings is 1. The fourth-order valence-corrected chi connectivity index (χ4v) is 3.69. The lowest BCUT2D eigenvalue weighted by molar-refractivity contribution is -0.125. The molecule has 0 saturated carbocycles. The Morgan fingerprint density at radius 2 is 2.23 bits per heavy atom. The van der Waals surface area contributed by atoms with Gasteiger partial charge in [0.1, 0.15) is 0 Å². The number of benzene rings is 1. The minimum atomic E-state index is 0.0289. The van der Waals surface area contributed by atoms with Gasteiger partial charge < -0.3 is 19.5 Å². The smallest absolute Gasteiger partial charge is 0.224 e. The Hall–Kier alpha value is -2.08. The molecule has 1 atom stereocenters. The number of fused-ring (bicyclic) bond motifs is 1. The van der Waals surface area contributed by atoms with Gasteiger partial charge in [0.25, 0.3) is 0 Å². The first-order chi connectivity index (χ1) is 12.7. The largest absolute Gasteiger partial charge is 0.385 e. The van der Waals surface area contributed by atoms with E-state index in [1.807, 2.05) is 6.07 Å². The highest BCUT2D eigenvalue weighted by Gasteiger charge is 2.28. The monoisotopic (exact) mass is 358 g/mol. The van der Waals surface area contributed by atoms with Crippen LogP contribution in [0.3, 0.4) is 0 Å². The third kappa shape index (κ3) is 4.18. The molecule has 26 heavy (non-hydrogen) atoms. The van der Waals surface area contributed by atoms with Gasteiger partial charge in [-0.15, -0.1) is 0 Å². The van der Waals surface area contributed by atoms with E-state index in [0.717, 1.165) is 56.8 Å². The van der Waals surface area contributed by atoms with Crippen LogP contribution in [0.4, 0.5) is 5.95 Å². The average molecular weight is 358 g/mol. The lowest BCUT2D eigenvalue weighted by Crippen LogP contribution is -2.44. The molecular weight excluding hydrogens is 328 g/mol. The summed E-state index contributed by atoms with van der Waals surface area (Å²) in [7, 11) is 1.68. The lowest BCUT2D eigenvalue weighted by Gasteiger charge is -2.33. The van der Waals surface area contributed by atoms with Crippen molar-refractivity contribution in [3.8, 4) is 0 Å². The highest BCUT2D eigenvalue weighted by atomic mass is 16.5. The number of amides is 1. The first kappa shape index (κ1) is 18.7. The van der Waals surface area contributed by atoms with Gasteiger partial charge in [0.15, 0.2) is 0 Å². The van der Waals surface area contributed by atoms with Gasteiger partial charge in [0.05, 0.1) is 17.0 Å². The van der Waals surface area contributed by atoms with E-state index in [4.69, 9.17) is 9.72 Å². The number of carbonyl (C=O) groups excluding carboxylic acids is 1. The van der Waals surface area contributed by atoms with Crippen LogP contribution < -0.4 is 10.2 Å². The maximum atomic E-state index is 12.5. The highest BCUT2D eigenvalue weighted by Crippen LogP contribution is 2.27. The summed E-state index contributed by atoms with van der Waals surface area (Å²) in [6.45, 7) is 6.19. The van der Waals surface area contributed by atoms with Crippen molar-refractivity contribution in [2.24, 2.45) is 5.92 Å². The van der Waals surface area contributed by atoms with Crippen molar-refractivity contribution in [2.45, 2.75) is 39.2 Å². The predicted molar refractivity (Wildman–Crippen MR) is 104 cm³/mol. The molecular formula is C20H30N4O2. The number of imidazole rings is 1. The van der Waals surface area contributed by atoms with Gasteiger partial charge >= 0.3 is 0 Å². The molecule has 0 bridgehead atoms. The van der Waals surface area contributed by atoms with Gasteiger partial charge in [0, 0.05) is 39.9 Å². The Bertz CT molecular complexity index is 728. The summed E-state index contributed by atoms with van der Waals surface area (Å²) in [4.78, 5) is 19.7. The molecule has 1 aromatic heterocycles. The van der Waals surface area contributed by atoms with Crippen molar-refractivity contribution < 1.29 is 9.53 Å². The van der Waals surface area contributed by atoms with Crippen LogP contribution in [0.1, 0.15) is 32.6 Å². The maximum absolute atomic E-state index is 12.5. The Morgan fingerprint density at radius 3 is 3.04 bits per heavy atom. The number of ether oxygens (including phenoxy) is 1. The number of hydrogen-bond acceptors (Lipinski definition) is 4. The molecule has 0 radical (unpaired) electrons. The lowest BCUT2D eigenvalue weighted by atomic mass is 9.97. The number of nitrogens with one attached hydrogen (secondary N) is 1. The number of para-hydroxylation sites is 2. The quantitative estimate of drug-likeness (QED) is 0.737. The van der Waals surface area contributed by atoms with Crippen LogP contribution >= 0.6 is 0 Å². The molecule has 0 aliphatic carbocycles. The van der Waals surface area contributed by atoms with Crippen LogP contribution in [0, 0.1) is 5.92 Å². The topological polar surface area (TPSA) is 59.4 Å². The Labute approximate surface area is 155 Å². The molecule has 1 fully saturated rings. The number of methoxy groups -OCH3 is 1. The number of nitrogens with zero attached hydrogens (tertiary/aromatic N) is 3. The zero-order valence-electron chi connectivity index (χ0n) is 15.9. The molecule has 2 aromatic rings. The van der Waals surface area contributed by atoms with Gasteiger partial charge in [-0.1, -0.05) is 19.1 Å². The summed E-state index contributed by atoms with van der Waals surface area (Å²) in [6.07, 6.45) is 3.88. The van der Waals surface area contributed by atoms with E-state index < -0.39 is 0 Å². The number of anilines is 1. The number of hydrogen-bond donors (Lipinski definition) is 1. The Kier molecular flexibility index (Phi) is 6.50. The van der Waals surface area contributed by atoms with Crippen molar-refractivity contribution in [3.63, 3.8) is 0 Å². The first-order valence-electron chi connectivity index (χ1n) is 9.71. The van der Waals surface area contributed by atoms with E-state index in [-0.39, 0.29) is 11.8 Å².